The van der Waals surface area contributed by atoms with Crippen LogP contribution < -0.4 is 0 Å². The molecule has 0 fully saturated rings. The molecule has 0 aromatic carbocycles. The zero-order valence-electron chi connectivity index (χ0n) is 11.2. The highest BCUT2D eigenvalue weighted by molar-refractivity contribution is 6.18. The van der Waals surface area contributed by atoms with Crippen molar-refractivity contribution in [2.75, 3.05) is 12.5 Å². The van der Waals surface area contributed by atoms with Crippen molar-refractivity contribution in [1.29, 1.82) is 0 Å². The molecule has 0 spiro atoms. The average Bonchev–Trinajstić information content (AvgIpc) is 2.36. The molecule has 1 unspecified atom stereocenters. The number of carbonyl (C=O) groups is 2. The monoisotopic (exact) mass is 318 g/mol. The molecule has 0 rings (SSSR count). The first-order valence-electron chi connectivity index (χ1n) is 6.30. The summed E-state index contributed by atoms with van der Waals surface area (Å²) in [5.41, 5.74) is 0. The van der Waals surface area contributed by atoms with Gasteiger partial charge in [0.1, 0.15) is 6.10 Å². The topological polar surface area (TPSA) is 52.6 Å². The molecule has 0 bridgehead atoms. The molecule has 0 saturated heterocycles. The molecule has 0 saturated carbocycles. The van der Waals surface area contributed by atoms with Crippen LogP contribution in [0.1, 0.15) is 39.0 Å². The zero-order chi connectivity index (χ0) is 15.6. The van der Waals surface area contributed by atoms with Crippen LogP contribution in [-0.2, 0) is 19.1 Å². The lowest BCUT2D eigenvalue weighted by molar-refractivity contribution is -0.204. The Balaban J connectivity index is 3.98. The van der Waals surface area contributed by atoms with Crippen LogP contribution in [0.4, 0.5) is 13.2 Å². The molecule has 0 aromatic rings. The standard InChI is InChI=1S/C12H18ClF3O4/c1-2-3-4-5-6-19-10(17)7-9(8-13)20-11(18)12(14,15)16/h9H,2-8H2,1H3. The zero-order valence-corrected chi connectivity index (χ0v) is 11.9. The van der Waals surface area contributed by atoms with Crippen molar-refractivity contribution in [3.05, 3.63) is 0 Å². The Morgan fingerprint density at radius 2 is 1.85 bits per heavy atom. The minimum absolute atomic E-state index is 0.195. The molecule has 1 atom stereocenters. The summed E-state index contributed by atoms with van der Waals surface area (Å²) in [6, 6.07) is 0. The highest BCUT2D eigenvalue weighted by Gasteiger charge is 2.42. The fourth-order valence-corrected chi connectivity index (χ4v) is 1.48. The van der Waals surface area contributed by atoms with Gasteiger partial charge in [0.15, 0.2) is 0 Å². The van der Waals surface area contributed by atoms with E-state index < -0.39 is 36.5 Å². The van der Waals surface area contributed by atoms with Gasteiger partial charge in [-0.15, -0.1) is 11.6 Å². The predicted molar refractivity (Wildman–Crippen MR) is 66.4 cm³/mol. The van der Waals surface area contributed by atoms with Crippen LogP contribution >= 0.6 is 11.6 Å². The summed E-state index contributed by atoms with van der Waals surface area (Å²) in [6.07, 6.45) is -3.28. The summed E-state index contributed by atoms with van der Waals surface area (Å²) in [4.78, 5) is 21.9. The molecular weight excluding hydrogens is 301 g/mol. The van der Waals surface area contributed by atoms with Crippen LogP contribution in [0.5, 0.6) is 0 Å². The third kappa shape index (κ3) is 9.01. The number of unbranched alkanes of at least 4 members (excludes halogenated alkanes) is 3. The van der Waals surface area contributed by atoms with Crippen LogP contribution in [-0.4, -0.2) is 36.7 Å². The van der Waals surface area contributed by atoms with E-state index in [9.17, 15) is 22.8 Å². The van der Waals surface area contributed by atoms with E-state index in [-0.39, 0.29) is 6.61 Å². The lowest BCUT2D eigenvalue weighted by atomic mass is 10.2. The smallest absolute Gasteiger partial charge is 0.466 e. The lowest BCUT2D eigenvalue weighted by Crippen LogP contribution is -2.32. The maximum Gasteiger partial charge on any atom is 0.490 e. The van der Waals surface area contributed by atoms with E-state index in [4.69, 9.17) is 16.3 Å². The third-order valence-corrected chi connectivity index (χ3v) is 2.68. The summed E-state index contributed by atoms with van der Waals surface area (Å²) in [5, 5.41) is 0. The normalized spacial score (nSPS) is 12.8. The van der Waals surface area contributed by atoms with Gasteiger partial charge in [0, 0.05) is 0 Å². The van der Waals surface area contributed by atoms with Crippen molar-refractivity contribution in [2.24, 2.45) is 0 Å². The summed E-state index contributed by atoms with van der Waals surface area (Å²) < 4.78 is 44.8. The number of halogens is 4. The van der Waals surface area contributed by atoms with E-state index >= 15 is 0 Å². The molecule has 0 amide bonds. The second-order valence-electron chi connectivity index (χ2n) is 4.16. The molecule has 0 heterocycles. The fourth-order valence-electron chi connectivity index (χ4n) is 1.31. The number of ether oxygens (including phenoxy) is 2. The Morgan fingerprint density at radius 3 is 2.35 bits per heavy atom. The van der Waals surface area contributed by atoms with E-state index in [1.165, 1.54) is 0 Å². The predicted octanol–water partition coefficient (Wildman–Crippen LogP) is 3.21. The molecule has 20 heavy (non-hydrogen) atoms. The maximum atomic E-state index is 12.0. The van der Waals surface area contributed by atoms with Gasteiger partial charge in [0.2, 0.25) is 0 Å². The van der Waals surface area contributed by atoms with Gasteiger partial charge in [-0.1, -0.05) is 26.2 Å². The van der Waals surface area contributed by atoms with Crippen LogP contribution in [0.25, 0.3) is 0 Å². The fraction of sp³-hybridized carbons (Fsp3) is 0.833. The second kappa shape index (κ2) is 9.85. The molecule has 0 N–H and O–H groups in total. The van der Waals surface area contributed by atoms with E-state index in [1.54, 1.807) is 0 Å². The number of hydrogen-bond acceptors (Lipinski definition) is 4. The van der Waals surface area contributed by atoms with Crippen molar-refractivity contribution in [3.8, 4) is 0 Å². The molecule has 0 aliphatic heterocycles. The Kier molecular flexibility index (Phi) is 9.37. The van der Waals surface area contributed by atoms with Gasteiger partial charge in [-0.05, 0) is 6.42 Å². The number of esters is 2. The SMILES string of the molecule is CCCCCCOC(=O)CC(CCl)OC(=O)C(F)(F)F. The maximum absolute atomic E-state index is 12.0. The Morgan fingerprint density at radius 1 is 1.20 bits per heavy atom. The van der Waals surface area contributed by atoms with E-state index in [0.29, 0.717) is 6.42 Å². The highest BCUT2D eigenvalue weighted by atomic mass is 35.5. The van der Waals surface area contributed by atoms with E-state index in [1.807, 2.05) is 6.92 Å². The number of rotatable bonds is 9. The minimum Gasteiger partial charge on any atom is -0.466 e. The van der Waals surface area contributed by atoms with Gasteiger partial charge in [0.05, 0.1) is 18.9 Å². The molecular formula is C12H18ClF3O4. The molecule has 0 aromatic heterocycles. The van der Waals surface area contributed by atoms with Gasteiger partial charge in [-0.3, -0.25) is 4.79 Å². The van der Waals surface area contributed by atoms with Crippen LogP contribution in [0.3, 0.4) is 0 Å². The quantitative estimate of drug-likeness (QED) is 0.372. The highest BCUT2D eigenvalue weighted by Crippen LogP contribution is 2.18. The third-order valence-electron chi connectivity index (χ3n) is 2.33. The lowest BCUT2D eigenvalue weighted by Gasteiger charge is -2.15. The van der Waals surface area contributed by atoms with Crippen LogP contribution in [0, 0.1) is 0 Å². The first kappa shape index (κ1) is 19.0. The van der Waals surface area contributed by atoms with Gasteiger partial charge in [-0.25, -0.2) is 4.79 Å². The van der Waals surface area contributed by atoms with Crippen molar-refractivity contribution in [3.63, 3.8) is 0 Å². The van der Waals surface area contributed by atoms with Crippen molar-refractivity contribution in [2.45, 2.75) is 51.3 Å². The van der Waals surface area contributed by atoms with Gasteiger partial charge in [0.25, 0.3) is 0 Å². The Bertz CT molecular complexity index is 308. The minimum atomic E-state index is -5.10. The largest absolute Gasteiger partial charge is 0.490 e. The summed E-state index contributed by atoms with van der Waals surface area (Å²) in [6.45, 7) is 2.23. The Hall–Kier alpha value is -0.980. The van der Waals surface area contributed by atoms with Gasteiger partial charge >= 0.3 is 18.1 Å². The second-order valence-corrected chi connectivity index (χ2v) is 4.47. The van der Waals surface area contributed by atoms with Crippen LogP contribution in [0.15, 0.2) is 0 Å². The van der Waals surface area contributed by atoms with Crippen molar-refractivity contribution >= 4 is 23.5 Å². The van der Waals surface area contributed by atoms with E-state index in [0.717, 1.165) is 19.3 Å². The number of carbonyl (C=O) groups excluding carboxylic acids is 2. The molecule has 4 nitrogen and oxygen atoms in total. The summed E-state index contributed by atoms with van der Waals surface area (Å²) in [7, 11) is 0. The first-order chi connectivity index (χ1) is 9.31. The number of alkyl halides is 4. The van der Waals surface area contributed by atoms with Crippen molar-refractivity contribution in [1.82, 2.24) is 0 Å². The summed E-state index contributed by atoms with van der Waals surface area (Å²) in [5.74, 6) is -3.51. The van der Waals surface area contributed by atoms with Gasteiger partial charge in [-0.2, -0.15) is 13.2 Å². The molecule has 8 heteroatoms. The number of hydrogen-bond donors (Lipinski definition) is 0. The molecule has 118 valence electrons. The molecule has 0 radical (unpaired) electrons. The van der Waals surface area contributed by atoms with Crippen LogP contribution in [0.2, 0.25) is 0 Å². The van der Waals surface area contributed by atoms with Crippen molar-refractivity contribution < 1.29 is 32.2 Å². The first-order valence-corrected chi connectivity index (χ1v) is 6.84. The summed E-state index contributed by atoms with van der Waals surface area (Å²) >= 11 is 5.36. The molecule has 0 aliphatic rings. The van der Waals surface area contributed by atoms with E-state index in [2.05, 4.69) is 4.74 Å². The Labute approximate surface area is 120 Å². The van der Waals surface area contributed by atoms with Gasteiger partial charge < -0.3 is 9.47 Å². The average molecular weight is 319 g/mol. The molecule has 0 aliphatic carbocycles.